The normalized spacial score (nSPS) is 17.8. The van der Waals surface area contributed by atoms with E-state index in [4.69, 9.17) is 11.6 Å². The number of sulfonamides is 1. The SMILES string of the molecule is CS(=O)(=O)N1CCCC(Nc2ncc3ncnc(Nc4ccc(F)c(Cl)c4)c3n2)C1. The van der Waals surface area contributed by atoms with E-state index in [1.54, 1.807) is 6.20 Å². The fraction of sp³-hybridized carbons (Fsp3) is 0.333. The number of aromatic nitrogens is 4. The van der Waals surface area contributed by atoms with E-state index in [0.717, 1.165) is 12.8 Å². The summed E-state index contributed by atoms with van der Waals surface area (Å²) in [6, 6.07) is 4.14. The molecule has 0 saturated carbocycles. The van der Waals surface area contributed by atoms with Crippen molar-refractivity contribution < 1.29 is 12.8 Å². The van der Waals surface area contributed by atoms with Gasteiger partial charge in [-0.05, 0) is 31.0 Å². The number of rotatable bonds is 5. The summed E-state index contributed by atoms with van der Waals surface area (Å²) in [5.74, 6) is 0.242. The standard InChI is InChI=1S/C18H19ClFN7O2S/c1-30(28,29)27-6-2-3-12(9-27)25-18-21-8-15-16(26-18)17(23-10-22-15)24-11-4-5-14(20)13(19)7-11/h4-5,7-8,10,12H,2-3,6,9H2,1H3,(H,21,25,26)(H,22,23,24). The molecule has 3 heterocycles. The van der Waals surface area contributed by atoms with Crippen LogP contribution in [0.2, 0.25) is 5.02 Å². The van der Waals surface area contributed by atoms with Gasteiger partial charge in [-0.3, -0.25) is 0 Å². The van der Waals surface area contributed by atoms with Crippen molar-refractivity contribution in [1.29, 1.82) is 0 Å². The van der Waals surface area contributed by atoms with Crippen molar-refractivity contribution in [3.8, 4) is 0 Å². The Morgan fingerprint density at radius 2 is 2.10 bits per heavy atom. The van der Waals surface area contributed by atoms with Gasteiger partial charge >= 0.3 is 0 Å². The molecule has 30 heavy (non-hydrogen) atoms. The van der Waals surface area contributed by atoms with Crippen molar-refractivity contribution in [2.45, 2.75) is 18.9 Å². The quantitative estimate of drug-likeness (QED) is 0.608. The summed E-state index contributed by atoms with van der Waals surface area (Å²) in [7, 11) is -3.25. The van der Waals surface area contributed by atoms with E-state index in [0.29, 0.717) is 41.6 Å². The van der Waals surface area contributed by atoms with E-state index < -0.39 is 15.8 Å². The van der Waals surface area contributed by atoms with Gasteiger partial charge in [-0.25, -0.2) is 37.0 Å². The zero-order chi connectivity index (χ0) is 21.3. The molecule has 12 heteroatoms. The Bertz CT molecular complexity index is 1190. The smallest absolute Gasteiger partial charge is 0.223 e. The number of benzene rings is 1. The maximum Gasteiger partial charge on any atom is 0.223 e. The number of halogens is 2. The molecule has 158 valence electrons. The first-order chi connectivity index (χ1) is 14.3. The van der Waals surface area contributed by atoms with Crippen LogP contribution in [-0.2, 0) is 10.0 Å². The van der Waals surface area contributed by atoms with E-state index in [1.807, 2.05) is 0 Å². The molecule has 1 unspecified atom stereocenters. The molecule has 0 radical (unpaired) electrons. The molecule has 0 aliphatic carbocycles. The molecule has 1 aliphatic heterocycles. The van der Waals surface area contributed by atoms with Crippen LogP contribution in [0.5, 0.6) is 0 Å². The van der Waals surface area contributed by atoms with Gasteiger partial charge in [0.25, 0.3) is 0 Å². The van der Waals surface area contributed by atoms with Crippen LogP contribution in [0.3, 0.4) is 0 Å². The number of piperidine rings is 1. The van der Waals surface area contributed by atoms with Crippen molar-refractivity contribution in [3.05, 3.63) is 41.6 Å². The van der Waals surface area contributed by atoms with E-state index >= 15 is 0 Å². The van der Waals surface area contributed by atoms with E-state index in [2.05, 4.69) is 30.6 Å². The van der Waals surface area contributed by atoms with Crippen LogP contribution in [0.4, 0.5) is 21.8 Å². The highest BCUT2D eigenvalue weighted by Gasteiger charge is 2.26. The Hall–Kier alpha value is -2.63. The summed E-state index contributed by atoms with van der Waals surface area (Å²) < 4.78 is 38.5. The van der Waals surface area contributed by atoms with Crippen molar-refractivity contribution >= 4 is 50.1 Å². The van der Waals surface area contributed by atoms with E-state index in [1.165, 1.54) is 35.1 Å². The number of anilines is 3. The van der Waals surface area contributed by atoms with Gasteiger partial charge in [-0.1, -0.05) is 11.6 Å². The summed E-state index contributed by atoms with van der Waals surface area (Å²) >= 11 is 5.85. The van der Waals surface area contributed by atoms with Crippen LogP contribution in [0, 0.1) is 5.82 Å². The highest BCUT2D eigenvalue weighted by Crippen LogP contribution is 2.25. The van der Waals surface area contributed by atoms with Crippen LogP contribution < -0.4 is 10.6 Å². The van der Waals surface area contributed by atoms with Gasteiger partial charge in [0.1, 0.15) is 23.2 Å². The lowest BCUT2D eigenvalue weighted by atomic mass is 10.1. The second-order valence-electron chi connectivity index (χ2n) is 7.01. The van der Waals surface area contributed by atoms with Gasteiger partial charge < -0.3 is 10.6 Å². The Kier molecular flexibility index (Phi) is 5.67. The summed E-state index contributed by atoms with van der Waals surface area (Å²) in [6.07, 6.45) is 5.69. The molecule has 1 saturated heterocycles. The molecule has 1 aromatic carbocycles. The summed E-state index contributed by atoms with van der Waals surface area (Å²) in [5.41, 5.74) is 1.53. The Balaban J connectivity index is 1.58. The summed E-state index contributed by atoms with van der Waals surface area (Å²) in [4.78, 5) is 17.2. The van der Waals surface area contributed by atoms with Crippen molar-refractivity contribution in [3.63, 3.8) is 0 Å². The average Bonchev–Trinajstić information content (AvgIpc) is 2.71. The van der Waals surface area contributed by atoms with Crippen molar-refractivity contribution in [2.24, 2.45) is 0 Å². The lowest BCUT2D eigenvalue weighted by Gasteiger charge is -2.31. The van der Waals surface area contributed by atoms with Gasteiger partial charge in [0.15, 0.2) is 5.82 Å². The lowest BCUT2D eigenvalue weighted by molar-refractivity contribution is 0.328. The van der Waals surface area contributed by atoms with Gasteiger partial charge in [-0.2, -0.15) is 0 Å². The monoisotopic (exact) mass is 451 g/mol. The highest BCUT2D eigenvalue weighted by molar-refractivity contribution is 7.88. The topological polar surface area (TPSA) is 113 Å². The van der Waals surface area contributed by atoms with Gasteiger partial charge in [-0.15, -0.1) is 0 Å². The summed E-state index contributed by atoms with van der Waals surface area (Å²) in [6.45, 7) is 0.864. The fourth-order valence-corrected chi connectivity index (χ4v) is 4.36. The molecular weight excluding hydrogens is 433 g/mol. The predicted molar refractivity (Wildman–Crippen MR) is 113 cm³/mol. The Morgan fingerprint density at radius 1 is 1.27 bits per heavy atom. The van der Waals surface area contributed by atoms with Gasteiger partial charge in [0.2, 0.25) is 16.0 Å². The minimum Gasteiger partial charge on any atom is -0.350 e. The molecule has 2 aromatic heterocycles. The lowest BCUT2D eigenvalue weighted by Crippen LogP contribution is -2.44. The number of hydrogen-bond acceptors (Lipinski definition) is 8. The van der Waals surface area contributed by atoms with Crippen LogP contribution in [0.25, 0.3) is 11.0 Å². The molecule has 2 N–H and O–H groups in total. The molecule has 1 aliphatic rings. The Labute approximate surface area is 177 Å². The minimum atomic E-state index is -3.25. The average molecular weight is 452 g/mol. The van der Waals surface area contributed by atoms with Crippen molar-refractivity contribution in [2.75, 3.05) is 30.0 Å². The molecule has 1 atom stereocenters. The number of nitrogens with zero attached hydrogens (tertiary/aromatic N) is 5. The molecule has 9 nitrogen and oxygen atoms in total. The largest absolute Gasteiger partial charge is 0.350 e. The van der Waals surface area contributed by atoms with Gasteiger partial charge in [0, 0.05) is 24.8 Å². The molecule has 0 amide bonds. The molecule has 0 bridgehead atoms. The van der Waals surface area contributed by atoms with Crippen molar-refractivity contribution in [1.82, 2.24) is 24.2 Å². The fourth-order valence-electron chi connectivity index (χ4n) is 3.27. The van der Waals surface area contributed by atoms with Gasteiger partial charge in [0.05, 0.1) is 17.5 Å². The molecular formula is C18H19ClFN7O2S. The minimum absolute atomic E-state index is 0.0110. The van der Waals surface area contributed by atoms with Crippen LogP contribution >= 0.6 is 11.6 Å². The maximum absolute atomic E-state index is 13.4. The first kappa shape index (κ1) is 20.6. The Morgan fingerprint density at radius 3 is 2.87 bits per heavy atom. The zero-order valence-electron chi connectivity index (χ0n) is 16.0. The third-order valence-electron chi connectivity index (χ3n) is 4.75. The molecule has 0 spiro atoms. The molecule has 1 fully saturated rings. The first-order valence-corrected chi connectivity index (χ1v) is 11.4. The second-order valence-corrected chi connectivity index (χ2v) is 9.40. The number of hydrogen-bond donors (Lipinski definition) is 2. The first-order valence-electron chi connectivity index (χ1n) is 9.21. The summed E-state index contributed by atoms with van der Waals surface area (Å²) in [5, 5.41) is 6.25. The maximum atomic E-state index is 13.4. The number of nitrogens with one attached hydrogen (secondary N) is 2. The van der Waals surface area contributed by atoms with Crippen LogP contribution in [0.1, 0.15) is 12.8 Å². The van der Waals surface area contributed by atoms with E-state index in [-0.39, 0.29) is 11.1 Å². The predicted octanol–water partition coefficient (Wildman–Crippen LogP) is 2.79. The third kappa shape index (κ3) is 4.58. The third-order valence-corrected chi connectivity index (χ3v) is 6.31. The van der Waals surface area contributed by atoms with E-state index in [9.17, 15) is 12.8 Å². The zero-order valence-corrected chi connectivity index (χ0v) is 17.6. The molecule has 3 aromatic rings. The second kappa shape index (κ2) is 8.25. The highest BCUT2D eigenvalue weighted by atomic mass is 35.5. The van der Waals surface area contributed by atoms with Crippen LogP contribution in [-0.4, -0.2) is 58.0 Å². The number of fused-ring (bicyclic) bond motifs is 1. The van der Waals surface area contributed by atoms with Crippen LogP contribution in [0.15, 0.2) is 30.7 Å². The molecule has 4 rings (SSSR count).